The fraction of sp³-hybridized carbons (Fsp3) is 0.625. The Labute approximate surface area is 120 Å². The minimum absolute atomic E-state index is 0.274. The van der Waals surface area contributed by atoms with Crippen molar-refractivity contribution in [2.24, 2.45) is 5.92 Å². The number of aliphatic hydroxyl groups excluding tert-OH is 1. The lowest BCUT2D eigenvalue weighted by Crippen LogP contribution is -2.36. The lowest BCUT2D eigenvalue weighted by atomic mass is 10.0. The third kappa shape index (κ3) is 2.63. The zero-order chi connectivity index (χ0) is 14.1. The van der Waals surface area contributed by atoms with Crippen molar-refractivity contribution in [3.63, 3.8) is 0 Å². The molecule has 110 valence electrons. The average Bonchev–Trinajstić information content (AvgIpc) is 3.05. The van der Waals surface area contributed by atoms with Crippen LogP contribution in [0.1, 0.15) is 38.4 Å². The van der Waals surface area contributed by atoms with Gasteiger partial charge in [-0.25, -0.2) is 0 Å². The molecular weight excluding hydrogens is 254 g/mol. The summed E-state index contributed by atoms with van der Waals surface area (Å²) < 4.78 is 10.7. The van der Waals surface area contributed by atoms with E-state index in [2.05, 4.69) is 18.7 Å². The second kappa shape index (κ2) is 5.62. The second-order valence-corrected chi connectivity index (χ2v) is 6.08. The molecule has 1 aromatic rings. The molecule has 0 saturated carbocycles. The predicted octanol–water partition coefficient (Wildman–Crippen LogP) is 2.57. The largest absolute Gasteiger partial charge is 0.454 e. The standard InChI is InChI=1S/C16H23NO3/c1-11(2)13-4-3-7-17(13)9-14(18)12-5-6-15-16(8-12)20-10-19-15/h5-6,8,11,13-14,18H,3-4,7,9-10H2,1-2H3. The summed E-state index contributed by atoms with van der Waals surface area (Å²) >= 11 is 0. The van der Waals surface area contributed by atoms with Crippen molar-refractivity contribution in [2.45, 2.75) is 38.8 Å². The number of β-amino-alcohol motifs (C(OH)–C–C–N with tert-alkyl or cyclic N) is 1. The number of benzene rings is 1. The summed E-state index contributed by atoms with van der Waals surface area (Å²) in [5.41, 5.74) is 0.906. The van der Waals surface area contributed by atoms with Crippen LogP contribution in [0, 0.1) is 5.92 Å². The smallest absolute Gasteiger partial charge is 0.231 e. The van der Waals surface area contributed by atoms with Crippen LogP contribution in [0.25, 0.3) is 0 Å². The summed E-state index contributed by atoms with van der Waals surface area (Å²) in [6, 6.07) is 6.30. The van der Waals surface area contributed by atoms with Gasteiger partial charge in [0.25, 0.3) is 0 Å². The molecule has 0 aliphatic carbocycles. The summed E-state index contributed by atoms with van der Waals surface area (Å²) in [7, 11) is 0. The minimum Gasteiger partial charge on any atom is -0.454 e. The highest BCUT2D eigenvalue weighted by molar-refractivity contribution is 5.45. The van der Waals surface area contributed by atoms with Crippen molar-refractivity contribution < 1.29 is 14.6 Å². The monoisotopic (exact) mass is 277 g/mol. The van der Waals surface area contributed by atoms with Crippen LogP contribution in [0.5, 0.6) is 11.5 Å². The van der Waals surface area contributed by atoms with Gasteiger partial charge in [0.05, 0.1) is 6.10 Å². The number of likely N-dealkylation sites (tertiary alicyclic amines) is 1. The summed E-state index contributed by atoms with van der Waals surface area (Å²) in [6.07, 6.45) is 2.01. The molecule has 1 aromatic carbocycles. The summed E-state index contributed by atoms with van der Waals surface area (Å²) in [6.45, 7) is 6.58. The van der Waals surface area contributed by atoms with Crippen molar-refractivity contribution in [3.8, 4) is 11.5 Å². The van der Waals surface area contributed by atoms with Gasteiger partial charge < -0.3 is 14.6 Å². The van der Waals surface area contributed by atoms with Gasteiger partial charge in [-0.15, -0.1) is 0 Å². The van der Waals surface area contributed by atoms with E-state index in [4.69, 9.17) is 9.47 Å². The first kappa shape index (κ1) is 13.7. The number of nitrogens with zero attached hydrogens (tertiary/aromatic N) is 1. The fourth-order valence-electron chi connectivity index (χ4n) is 3.28. The molecule has 1 N–H and O–H groups in total. The maximum absolute atomic E-state index is 10.5. The summed E-state index contributed by atoms with van der Waals surface area (Å²) in [5.74, 6) is 2.15. The van der Waals surface area contributed by atoms with Crippen LogP contribution in [0.4, 0.5) is 0 Å². The Bertz CT molecular complexity index is 475. The molecule has 0 radical (unpaired) electrons. The van der Waals surface area contributed by atoms with E-state index in [0.29, 0.717) is 18.5 Å². The lowest BCUT2D eigenvalue weighted by Gasteiger charge is -2.29. The molecule has 1 saturated heterocycles. The average molecular weight is 277 g/mol. The van der Waals surface area contributed by atoms with Gasteiger partial charge in [0.1, 0.15) is 0 Å². The molecule has 4 nitrogen and oxygen atoms in total. The Morgan fingerprint density at radius 2 is 2.10 bits per heavy atom. The van der Waals surface area contributed by atoms with E-state index in [-0.39, 0.29) is 6.79 Å². The Morgan fingerprint density at radius 1 is 1.30 bits per heavy atom. The quantitative estimate of drug-likeness (QED) is 0.918. The molecule has 1 fully saturated rings. The van der Waals surface area contributed by atoms with E-state index in [1.165, 1.54) is 12.8 Å². The van der Waals surface area contributed by atoms with Crippen molar-refractivity contribution in [1.82, 2.24) is 4.90 Å². The topological polar surface area (TPSA) is 41.9 Å². The molecule has 3 rings (SSSR count). The zero-order valence-corrected chi connectivity index (χ0v) is 12.2. The van der Waals surface area contributed by atoms with Crippen molar-refractivity contribution in [2.75, 3.05) is 19.9 Å². The first-order valence-corrected chi connectivity index (χ1v) is 7.47. The molecule has 2 atom stereocenters. The number of aliphatic hydroxyl groups is 1. The Balaban J connectivity index is 1.68. The van der Waals surface area contributed by atoms with E-state index in [9.17, 15) is 5.11 Å². The van der Waals surface area contributed by atoms with Gasteiger partial charge in [-0.05, 0) is 43.0 Å². The van der Waals surface area contributed by atoms with Crippen molar-refractivity contribution >= 4 is 0 Å². The normalized spacial score (nSPS) is 23.5. The highest BCUT2D eigenvalue weighted by Gasteiger charge is 2.29. The SMILES string of the molecule is CC(C)C1CCCN1CC(O)c1ccc2c(c1)OCO2. The number of fused-ring (bicyclic) bond motifs is 1. The molecule has 2 aliphatic rings. The van der Waals surface area contributed by atoms with Gasteiger partial charge in [0, 0.05) is 12.6 Å². The maximum Gasteiger partial charge on any atom is 0.231 e. The van der Waals surface area contributed by atoms with Crippen molar-refractivity contribution in [1.29, 1.82) is 0 Å². The minimum atomic E-state index is -0.469. The van der Waals surface area contributed by atoms with Gasteiger partial charge in [-0.3, -0.25) is 4.90 Å². The molecule has 0 aromatic heterocycles. The number of rotatable bonds is 4. The van der Waals surface area contributed by atoms with E-state index < -0.39 is 6.10 Å². The molecule has 0 amide bonds. The summed E-state index contributed by atoms with van der Waals surface area (Å²) in [4.78, 5) is 2.42. The zero-order valence-electron chi connectivity index (χ0n) is 12.2. The third-order valence-electron chi connectivity index (χ3n) is 4.37. The molecule has 4 heteroatoms. The van der Waals surface area contributed by atoms with Crippen LogP contribution in [0.2, 0.25) is 0 Å². The first-order valence-electron chi connectivity index (χ1n) is 7.47. The predicted molar refractivity (Wildman–Crippen MR) is 77.0 cm³/mol. The highest BCUT2D eigenvalue weighted by Crippen LogP contribution is 2.35. The van der Waals surface area contributed by atoms with Crippen molar-refractivity contribution in [3.05, 3.63) is 23.8 Å². The van der Waals surface area contributed by atoms with Crippen LogP contribution >= 0.6 is 0 Å². The third-order valence-corrected chi connectivity index (χ3v) is 4.37. The molecular formula is C16H23NO3. The maximum atomic E-state index is 10.5. The van der Waals surface area contributed by atoms with Crippen LogP contribution < -0.4 is 9.47 Å². The Hall–Kier alpha value is -1.26. The van der Waals surface area contributed by atoms with Gasteiger partial charge in [0.15, 0.2) is 11.5 Å². The molecule has 0 bridgehead atoms. The van der Waals surface area contributed by atoms with Gasteiger partial charge in [-0.2, -0.15) is 0 Å². The highest BCUT2D eigenvalue weighted by atomic mass is 16.7. The van der Waals surface area contributed by atoms with Crippen LogP contribution in [-0.4, -0.2) is 35.9 Å². The van der Waals surface area contributed by atoms with Crippen LogP contribution in [-0.2, 0) is 0 Å². The second-order valence-electron chi connectivity index (χ2n) is 6.08. The fourth-order valence-corrected chi connectivity index (χ4v) is 3.28. The van der Waals surface area contributed by atoms with E-state index >= 15 is 0 Å². The number of ether oxygens (including phenoxy) is 2. The Kier molecular flexibility index (Phi) is 3.85. The van der Waals surface area contributed by atoms with E-state index in [1.807, 2.05) is 18.2 Å². The number of hydrogen-bond acceptors (Lipinski definition) is 4. The molecule has 2 heterocycles. The summed E-state index contributed by atoms with van der Waals surface area (Å²) in [5, 5.41) is 10.5. The number of hydrogen-bond donors (Lipinski definition) is 1. The van der Waals surface area contributed by atoms with Crippen LogP contribution in [0.15, 0.2) is 18.2 Å². The molecule has 0 spiro atoms. The molecule has 2 unspecified atom stereocenters. The van der Waals surface area contributed by atoms with E-state index in [1.54, 1.807) is 0 Å². The molecule has 20 heavy (non-hydrogen) atoms. The van der Waals surface area contributed by atoms with Gasteiger partial charge in [0.2, 0.25) is 6.79 Å². The molecule has 2 aliphatic heterocycles. The Morgan fingerprint density at radius 3 is 2.90 bits per heavy atom. The van der Waals surface area contributed by atoms with Crippen LogP contribution in [0.3, 0.4) is 0 Å². The first-order chi connectivity index (χ1) is 9.65. The van der Waals surface area contributed by atoms with Gasteiger partial charge >= 0.3 is 0 Å². The lowest BCUT2D eigenvalue weighted by molar-refractivity contribution is 0.0937. The van der Waals surface area contributed by atoms with E-state index in [0.717, 1.165) is 23.6 Å². The van der Waals surface area contributed by atoms with Gasteiger partial charge in [-0.1, -0.05) is 19.9 Å².